The van der Waals surface area contributed by atoms with E-state index >= 15 is 0 Å². The molecule has 0 unspecified atom stereocenters. The summed E-state index contributed by atoms with van der Waals surface area (Å²) in [5, 5.41) is 8.57. The van der Waals surface area contributed by atoms with Crippen molar-refractivity contribution in [3.8, 4) is 17.3 Å². The van der Waals surface area contributed by atoms with Crippen LogP contribution in [0, 0.1) is 11.3 Å². The Morgan fingerprint density at radius 3 is 3.15 bits per heavy atom. The van der Waals surface area contributed by atoms with Crippen molar-refractivity contribution in [3.63, 3.8) is 0 Å². The minimum Gasteiger partial charge on any atom is -0.408 e. The fraction of sp³-hybridized carbons (Fsp3) is 0.214. The van der Waals surface area contributed by atoms with E-state index in [0.29, 0.717) is 18.4 Å². The van der Waals surface area contributed by atoms with Gasteiger partial charge in [-0.2, -0.15) is 5.26 Å². The lowest BCUT2D eigenvalue weighted by Gasteiger charge is -1.98. The third-order valence-electron chi connectivity index (χ3n) is 3.20. The number of imidazole rings is 1. The van der Waals surface area contributed by atoms with Crippen molar-refractivity contribution < 1.29 is 4.42 Å². The molecule has 1 N–H and O–H groups in total. The SMILES string of the molecule is Cn1c(=O)oc2ccc(-c3cnc(CCC#N)[nH]3)cc21. The van der Waals surface area contributed by atoms with Gasteiger partial charge < -0.3 is 9.40 Å². The van der Waals surface area contributed by atoms with E-state index in [1.165, 1.54) is 4.57 Å². The maximum atomic E-state index is 11.5. The second kappa shape index (κ2) is 4.70. The Morgan fingerprint density at radius 2 is 2.35 bits per heavy atom. The summed E-state index contributed by atoms with van der Waals surface area (Å²) >= 11 is 0. The topological polar surface area (TPSA) is 87.6 Å². The molecule has 0 fully saturated rings. The number of benzene rings is 1. The van der Waals surface area contributed by atoms with Crippen LogP contribution in [0.25, 0.3) is 22.4 Å². The first-order valence-electron chi connectivity index (χ1n) is 6.20. The maximum Gasteiger partial charge on any atom is 0.419 e. The zero-order valence-electron chi connectivity index (χ0n) is 10.9. The van der Waals surface area contributed by atoms with Gasteiger partial charge in [-0.05, 0) is 18.2 Å². The van der Waals surface area contributed by atoms with Crippen LogP contribution >= 0.6 is 0 Å². The van der Waals surface area contributed by atoms with E-state index in [4.69, 9.17) is 9.68 Å². The fourth-order valence-corrected chi connectivity index (χ4v) is 2.10. The molecule has 0 aliphatic heterocycles. The predicted molar refractivity (Wildman–Crippen MR) is 73.0 cm³/mol. The molecule has 3 aromatic rings. The standard InChI is InChI=1S/C14H12N4O2/c1-18-11-7-9(4-5-12(11)20-14(18)19)10-8-16-13(17-10)3-2-6-15/h4-5,7-8H,2-3H2,1H3,(H,16,17). The molecule has 0 saturated carbocycles. The number of oxazole rings is 1. The van der Waals surface area contributed by atoms with E-state index in [1.807, 2.05) is 12.1 Å². The average Bonchev–Trinajstić information content (AvgIpc) is 3.03. The lowest BCUT2D eigenvalue weighted by molar-refractivity contribution is 0.528. The number of rotatable bonds is 3. The lowest BCUT2D eigenvalue weighted by Crippen LogP contribution is -2.08. The Balaban J connectivity index is 2.01. The molecule has 0 amide bonds. The molecule has 6 nitrogen and oxygen atoms in total. The van der Waals surface area contributed by atoms with Crippen molar-refractivity contribution in [3.05, 3.63) is 40.8 Å². The van der Waals surface area contributed by atoms with Crippen LogP contribution in [0.5, 0.6) is 0 Å². The highest BCUT2D eigenvalue weighted by molar-refractivity contribution is 5.79. The van der Waals surface area contributed by atoms with E-state index < -0.39 is 0 Å². The van der Waals surface area contributed by atoms with E-state index in [9.17, 15) is 4.79 Å². The number of hydrogen-bond donors (Lipinski definition) is 1. The van der Waals surface area contributed by atoms with Crippen LogP contribution in [0.2, 0.25) is 0 Å². The smallest absolute Gasteiger partial charge is 0.408 e. The van der Waals surface area contributed by atoms with Crippen LogP contribution < -0.4 is 5.76 Å². The van der Waals surface area contributed by atoms with E-state index in [1.54, 1.807) is 19.3 Å². The summed E-state index contributed by atoms with van der Waals surface area (Å²) in [5.74, 6) is 0.402. The Labute approximate surface area is 114 Å². The van der Waals surface area contributed by atoms with E-state index in [0.717, 1.165) is 22.6 Å². The molecule has 6 heteroatoms. The number of hydrogen-bond acceptors (Lipinski definition) is 4. The van der Waals surface area contributed by atoms with Gasteiger partial charge in [0.1, 0.15) is 5.82 Å². The van der Waals surface area contributed by atoms with Crippen molar-refractivity contribution in [2.24, 2.45) is 7.05 Å². The van der Waals surface area contributed by atoms with Crippen molar-refractivity contribution >= 4 is 11.1 Å². The highest BCUT2D eigenvalue weighted by atomic mass is 16.4. The van der Waals surface area contributed by atoms with Crippen LogP contribution in [0.15, 0.2) is 33.6 Å². The molecule has 0 spiro atoms. The lowest BCUT2D eigenvalue weighted by atomic mass is 10.1. The first kappa shape index (κ1) is 12.2. The van der Waals surface area contributed by atoms with Gasteiger partial charge >= 0.3 is 5.76 Å². The second-order valence-electron chi connectivity index (χ2n) is 4.51. The molecule has 3 rings (SSSR count). The van der Waals surface area contributed by atoms with Crippen LogP contribution in [0.4, 0.5) is 0 Å². The minimum absolute atomic E-state index is 0.378. The molecule has 0 radical (unpaired) electrons. The molecule has 0 aliphatic carbocycles. The third kappa shape index (κ3) is 1.99. The molecule has 100 valence electrons. The zero-order valence-corrected chi connectivity index (χ0v) is 10.9. The number of nitrogens with one attached hydrogen (secondary N) is 1. The number of aryl methyl sites for hydroxylation is 2. The van der Waals surface area contributed by atoms with E-state index in [2.05, 4.69) is 16.0 Å². The molecule has 0 aliphatic rings. The van der Waals surface area contributed by atoms with E-state index in [-0.39, 0.29) is 5.76 Å². The number of aromatic amines is 1. The molecule has 0 bridgehead atoms. The summed E-state index contributed by atoms with van der Waals surface area (Å²) in [7, 11) is 1.67. The Morgan fingerprint density at radius 1 is 1.50 bits per heavy atom. The number of H-pyrrole nitrogens is 1. The normalized spacial score (nSPS) is 10.8. The van der Waals surface area contributed by atoms with Crippen LogP contribution in [-0.2, 0) is 13.5 Å². The molecule has 0 saturated heterocycles. The summed E-state index contributed by atoms with van der Waals surface area (Å²) in [6, 6.07) is 7.60. The number of nitrogens with zero attached hydrogens (tertiary/aromatic N) is 3. The quantitative estimate of drug-likeness (QED) is 0.786. The summed E-state index contributed by atoms with van der Waals surface area (Å²) in [6.07, 6.45) is 2.76. The van der Waals surface area contributed by atoms with Gasteiger partial charge in [-0.3, -0.25) is 4.57 Å². The van der Waals surface area contributed by atoms with Gasteiger partial charge in [-0.1, -0.05) is 0 Å². The maximum absolute atomic E-state index is 11.5. The zero-order chi connectivity index (χ0) is 14.1. The van der Waals surface area contributed by atoms with Crippen LogP contribution in [-0.4, -0.2) is 14.5 Å². The third-order valence-corrected chi connectivity index (χ3v) is 3.20. The Hall–Kier alpha value is -2.81. The summed E-state index contributed by atoms with van der Waals surface area (Å²) < 4.78 is 6.56. The largest absolute Gasteiger partial charge is 0.419 e. The van der Waals surface area contributed by atoms with Gasteiger partial charge in [-0.25, -0.2) is 9.78 Å². The van der Waals surface area contributed by atoms with Crippen molar-refractivity contribution in [2.75, 3.05) is 0 Å². The first-order chi connectivity index (χ1) is 9.69. The molecule has 2 aromatic heterocycles. The molecule has 1 aromatic carbocycles. The van der Waals surface area contributed by atoms with Gasteiger partial charge in [0, 0.05) is 25.5 Å². The highest BCUT2D eigenvalue weighted by Crippen LogP contribution is 2.22. The van der Waals surface area contributed by atoms with Crippen LogP contribution in [0.3, 0.4) is 0 Å². The second-order valence-corrected chi connectivity index (χ2v) is 4.51. The fourth-order valence-electron chi connectivity index (χ4n) is 2.10. The van der Waals surface area contributed by atoms with Gasteiger partial charge in [0.15, 0.2) is 5.58 Å². The number of fused-ring (bicyclic) bond motifs is 1. The first-order valence-corrected chi connectivity index (χ1v) is 6.20. The predicted octanol–water partition coefficient (Wildman–Crippen LogP) is 1.98. The summed E-state index contributed by atoms with van der Waals surface area (Å²) in [4.78, 5) is 18.9. The van der Waals surface area contributed by atoms with Gasteiger partial charge in [0.2, 0.25) is 0 Å². The molecule has 20 heavy (non-hydrogen) atoms. The molecule has 0 atom stereocenters. The number of nitriles is 1. The summed E-state index contributed by atoms with van der Waals surface area (Å²) in [5.41, 5.74) is 3.07. The van der Waals surface area contributed by atoms with Gasteiger partial charge in [0.25, 0.3) is 0 Å². The van der Waals surface area contributed by atoms with Crippen molar-refractivity contribution in [1.82, 2.24) is 14.5 Å². The molecular formula is C14H12N4O2. The monoisotopic (exact) mass is 268 g/mol. The van der Waals surface area contributed by atoms with Crippen LogP contribution in [0.1, 0.15) is 12.2 Å². The van der Waals surface area contributed by atoms with Crippen molar-refractivity contribution in [2.45, 2.75) is 12.8 Å². The Kier molecular flexibility index (Phi) is 2.88. The molecular weight excluding hydrogens is 256 g/mol. The van der Waals surface area contributed by atoms with Gasteiger partial charge in [0.05, 0.1) is 23.5 Å². The van der Waals surface area contributed by atoms with Gasteiger partial charge in [-0.15, -0.1) is 0 Å². The average molecular weight is 268 g/mol. The minimum atomic E-state index is -0.378. The van der Waals surface area contributed by atoms with Crippen molar-refractivity contribution in [1.29, 1.82) is 5.26 Å². The number of aromatic nitrogens is 3. The Bertz CT molecular complexity index is 863. The molecule has 2 heterocycles. The summed E-state index contributed by atoms with van der Waals surface area (Å²) in [6.45, 7) is 0. The highest BCUT2D eigenvalue weighted by Gasteiger charge is 2.09.